The van der Waals surface area contributed by atoms with E-state index in [4.69, 9.17) is 0 Å². The molecule has 0 heteroatoms. The molecular weight excluding hydrogens is 360 g/mol. The van der Waals surface area contributed by atoms with Crippen LogP contribution in [-0.2, 0) is 0 Å². The van der Waals surface area contributed by atoms with Crippen molar-refractivity contribution in [3.8, 4) is 0 Å². The van der Waals surface area contributed by atoms with E-state index in [2.05, 4.69) is 0 Å². The van der Waals surface area contributed by atoms with E-state index in [9.17, 15) is 0 Å². The van der Waals surface area contributed by atoms with Crippen LogP contribution in [0.15, 0.2) is 0 Å². The molecule has 5 fully saturated rings. The highest BCUT2D eigenvalue weighted by atomic mass is 14.4. The Kier molecular flexibility index (Phi) is 7.82. The van der Waals surface area contributed by atoms with Crippen molar-refractivity contribution in [1.82, 2.24) is 0 Å². The Hall–Kier alpha value is 0. The third-order valence-corrected chi connectivity index (χ3v) is 10.7. The second-order valence-corrected chi connectivity index (χ2v) is 13.1. The minimum atomic E-state index is 1.08. The molecule has 0 aliphatic heterocycles. The Balaban J connectivity index is 1.39. The van der Waals surface area contributed by atoms with Gasteiger partial charge >= 0.3 is 0 Å². The lowest BCUT2D eigenvalue weighted by atomic mass is 9.75. The second-order valence-electron chi connectivity index (χ2n) is 13.1. The van der Waals surface area contributed by atoms with Crippen molar-refractivity contribution >= 4 is 0 Å². The van der Waals surface area contributed by atoms with E-state index < -0.39 is 0 Å². The lowest BCUT2D eigenvalue weighted by Crippen LogP contribution is -2.18. The van der Waals surface area contributed by atoms with Crippen molar-refractivity contribution in [3.05, 3.63) is 0 Å². The van der Waals surface area contributed by atoms with Gasteiger partial charge in [0.2, 0.25) is 0 Å². The predicted molar refractivity (Wildman–Crippen MR) is 129 cm³/mol. The van der Waals surface area contributed by atoms with Gasteiger partial charge in [-0.25, -0.2) is 0 Å². The van der Waals surface area contributed by atoms with Gasteiger partial charge in [-0.3, -0.25) is 0 Å². The van der Waals surface area contributed by atoms with Crippen LogP contribution < -0.4 is 0 Å². The summed E-state index contributed by atoms with van der Waals surface area (Å²) in [5.41, 5.74) is 0. The fourth-order valence-electron chi connectivity index (χ4n) is 8.96. The van der Waals surface area contributed by atoms with Gasteiger partial charge in [-0.1, -0.05) is 89.9 Å². The van der Waals surface area contributed by atoms with Crippen LogP contribution >= 0.6 is 0 Å². The van der Waals surface area contributed by atoms with E-state index in [0.29, 0.717) is 0 Å². The first-order valence-corrected chi connectivity index (χ1v) is 14.8. The molecule has 172 valence electrons. The zero-order chi connectivity index (χ0) is 20.2. The van der Waals surface area contributed by atoms with Gasteiger partial charge in [0.25, 0.3) is 0 Å². The molecule has 30 heavy (non-hydrogen) atoms. The minimum Gasteiger partial charge on any atom is -0.0530 e. The van der Waals surface area contributed by atoms with Crippen molar-refractivity contribution in [2.45, 2.75) is 141 Å². The fourth-order valence-corrected chi connectivity index (χ4v) is 8.96. The van der Waals surface area contributed by atoms with Crippen molar-refractivity contribution in [3.63, 3.8) is 0 Å². The Morgan fingerprint density at radius 1 is 0.233 bits per heavy atom. The number of fused-ring (bicyclic) bond motifs is 9. The first-order valence-electron chi connectivity index (χ1n) is 14.8. The van der Waals surface area contributed by atoms with E-state index in [1.165, 1.54) is 0 Å². The second kappa shape index (κ2) is 10.7. The summed E-state index contributed by atoms with van der Waals surface area (Å²) in [5, 5.41) is 0. The quantitative estimate of drug-likeness (QED) is 0.371. The van der Waals surface area contributed by atoms with Gasteiger partial charge in [-0.2, -0.15) is 0 Å². The smallest absolute Gasteiger partial charge is 0.0383 e. The van der Waals surface area contributed by atoms with Gasteiger partial charge in [0.05, 0.1) is 0 Å². The van der Waals surface area contributed by atoms with Gasteiger partial charge in [-0.15, -0.1) is 0 Å². The van der Waals surface area contributed by atoms with Crippen LogP contribution in [-0.4, -0.2) is 0 Å². The summed E-state index contributed by atoms with van der Waals surface area (Å²) < 4.78 is 0. The molecular formula is C30H52. The van der Waals surface area contributed by atoms with E-state index in [1.54, 1.807) is 141 Å². The summed E-state index contributed by atoms with van der Waals surface area (Å²) in [5.74, 6) is 8.79. The van der Waals surface area contributed by atoms with Gasteiger partial charge in [0.15, 0.2) is 0 Å². The molecule has 6 atom stereocenters. The maximum absolute atomic E-state index is 1.63. The topological polar surface area (TPSA) is 0 Å². The Bertz CT molecular complexity index is 466. The Labute approximate surface area is 188 Å². The third kappa shape index (κ3) is 6.28. The van der Waals surface area contributed by atoms with Gasteiger partial charge in [0, 0.05) is 0 Å². The summed E-state index contributed by atoms with van der Waals surface area (Å²) in [7, 11) is 0. The lowest BCUT2D eigenvalue weighted by molar-refractivity contribution is 0.213. The molecule has 0 N–H and O–H groups in total. The molecule has 0 heterocycles. The molecule has 0 nitrogen and oxygen atoms in total. The Morgan fingerprint density at radius 2 is 0.567 bits per heavy atom. The summed E-state index contributed by atoms with van der Waals surface area (Å²) in [6.45, 7) is 0. The van der Waals surface area contributed by atoms with E-state index in [0.717, 1.165) is 47.3 Å². The largest absolute Gasteiger partial charge is 0.0530 e. The number of hydrogen-bond acceptors (Lipinski definition) is 0. The van der Waals surface area contributed by atoms with E-state index in [-0.39, 0.29) is 0 Å². The average molecular weight is 413 g/mol. The maximum Gasteiger partial charge on any atom is -0.0383 e. The van der Waals surface area contributed by atoms with E-state index in [1.807, 2.05) is 0 Å². The highest BCUT2D eigenvalue weighted by Crippen LogP contribution is 2.49. The normalized spacial score (nSPS) is 46.4. The van der Waals surface area contributed by atoms with Crippen LogP contribution in [0.25, 0.3) is 0 Å². The number of rotatable bonds is 0. The van der Waals surface area contributed by atoms with Gasteiger partial charge < -0.3 is 0 Å². The van der Waals surface area contributed by atoms with Crippen LogP contribution in [0, 0.1) is 47.3 Å². The summed E-state index contributed by atoms with van der Waals surface area (Å²) in [4.78, 5) is 0. The van der Waals surface area contributed by atoms with Crippen molar-refractivity contribution in [2.24, 2.45) is 47.3 Å². The molecule has 0 spiro atoms. The monoisotopic (exact) mass is 412 g/mol. The molecule has 5 saturated carbocycles. The molecule has 0 aromatic rings. The molecule has 5 aliphatic carbocycles. The zero-order valence-electron chi connectivity index (χ0n) is 20.2. The van der Waals surface area contributed by atoms with Gasteiger partial charge in [-0.05, 0) is 98.7 Å². The molecule has 5 rings (SSSR count). The van der Waals surface area contributed by atoms with Crippen LogP contribution in [0.1, 0.15) is 141 Å². The van der Waals surface area contributed by atoms with E-state index >= 15 is 0 Å². The van der Waals surface area contributed by atoms with Gasteiger partial charge in [0.1, 0.15) is 0 Å². The van der Waals surface area contributed by atoms with Crippen LogP contribution in [0.3, 0.4) is 0 Å². The highest BCUT2D eigenvalue weighted by Gasteiger charge is 2.38. The van der Waals surface area contributed by atoms with Crippen molar-refractivity contribution < 1.29 is 0 Å². The molecule has 0 aromatic heterocycles. The highest BCUT2D eigenvalue weighted by molar-refractivity contribution is 4.89. The summed E-state index contributed by atoms with van der Waals surface area (Å²) in [6, 6.07) is 0. The van der Waals surface area contributed by atoms with Crippen LogP contribution in [0.2, 0.25) is 0 Å². The maximum atomic E-state index is 1.63. The van der Waals surface area contributed by atoms with Crippen LogP contribution in [0.5, 0.6) is 0 Å². The average Bonchev–Trinajstić information content (AvgIpc) is 3.45. The molecule has 6 unspecified atom stereocenters. The third-order valence-electron chi connectivity index (χ3n) is 10.7. The molecule has 0 radical (unpaired) electrons. The molecule has 6 bridgehead atoms. The predicted octanol–water partition coefficient (Wildman–Crippen LogP) is 9.57. The number of hydrogen-bond donors (Lipinski definition) is 0. The fraction of sp³-hybridized carbons (Fsp3) is 1.00. The standard InChI is InChI=1S/C30H52/c1-2-10-25-14-16-30-22-29(30)15-13-24(9-1)17-26-11-5-3-7-23-8-4-6-12-27(18-25)21-28(19-23)20-26/h23-30H,1-22H2. The lowest BCUT2D eigenvalue weighted by Gasteiger charge is -2.30. The first-order chi connectivity index (χ1) is 14.8. The zero-order valence-corrected chi connectivity index (χ0v) is 20.2. The summed E-state index contributed by atoms with van der Waals surface area (Å²) in [6.07, 6.45) is 34.9. The van der Waals surface area contributed by atoms with Crippen molar-refractivity contribution in [2.75, 3.05) is 0 Å². The summed E-state index contributed by atoms with van der Waals surface area (Å²) >= 11 is 0. The molecule has 0 aromatic carbocycles. The van der Waals surface area contributed by atoms with Crippen molar-refractivity contribution in [1.29, 1.82) is 0 Å². The van der Waals surface area contributed by atoms with Crippen LogP contribution in [0.4, 0.5) is 0 Å². The Morgan fingerprint density at radius 3 is 1.03 bits per heavy atom. The molecule has 0 saturated heterocycles. The minimum absolute atomic E-state index is 1.08. The first kappa shape index (κ1) is 21.8. The molecule has 0 amide bonds. The molecule has 5 aliphatic rings. The SMILES string of the molecule is C1CCC2CCC3CC3CCC(C1)CC1CCCCC3CCCCC(C2)CC(C3)C1.